The Morgan fingerprint density at radius 2 is 0.470 bits per heavy atom. The SMILES string of the molecule is CC/C=C\C/C=C\C/C=C\C/C=C\C/C=C\CCCCCCCC(=O)OC(COC(=O)CCCCCCCCCCCCCCCCC)COC(=O)CCCCCCCCCCCCCCCCCC/C=C\C/C=C\C/C=C\C/C=C\CC. The van der Waals surface area contributed by atoms with Crippen LogP contribution in [0, 0.1) is 0 Å². The lowest BCUT2D eigenvalue weighted by Gasteiger charge is -2.18. The molecule has 0 saturated carbocycles. The smallest absolute Gasteiger partial charge is 0.306 e. The Hall–Kier alpha value is -3.93. The van der Waals surface area contributed by atoms with E-state index < -0.39 is 6.10 Å². The maximum Gasteiger partial charge on any atom is 0.306 e. The van der Waals surface area contributed by atoms with E-state index in [9.17, 15) is 14.4 Å². The van der Waals surface area contributed by atoms with Crippen LogP contribution >= 0.6 is 0 Å². The lowest BCUT2D eigenvalue weighted by atomic mass is 10.0. The number of unbranched alkanes of at least 4 members (excludes halogenated alkanes) is 35. The maximum atomic E-state index is 13.0. The van der Waals surface area contributed by atoms with E-state index in [1.807, 2.05) is 0 Å². The van der Waals surface area contributed by atoms with Gasteiger partial charge in [0.05, 0.1) is 0 Å². The molecule has 0 amide bonds. The minimum atomic E-state index is -0.789. The Kier molecular flexibility index (Phi) is 67.2. The minimum absolute atomic E-state index is 0.0823. The molecular formula is C77H132O6. The molecule has 0 aromatic carbocycles. The van der Waals surface area contributed by atoms with Gasteiger partial charge in [0.1, 0.15) is 13.2 Å². The highest BCUT2D eigenvalue weighted by atomic mass is 16.6. The van der Waals surface area contributed by atoms with Gasteiger partial charge in [0.25, 0.3) is 0 Å². The molecule has 0 aromatic heterocycles. The third-order valence-corrected chi connectivity index (χ3v) is 15.3. The Labute approximate surface area is 514 Å². The quantitative estimate of drug-likeness (QED) is 0.0261. The molecule has 0 aliphatic heterocycles. The second-order valence-corrected chi connectivity index (χ2v) is 23.4. The summed E-state index contributed by atoms with van der Waals surface area (Å²) in [7, 11) is 0. The van der Waals surface area contributed by atoms with Gasteiger partial charge in [0.2, 0.25) is 0 Å². The van der Waals surface area contributed by atoms with Crippen LogP contribution in [0.2, 0.25) is 0 Å². The van der Waals surface area contributed by atoms with E-state index in [-0.39, 0.29) is 31.1 Å². The normalized spacial score (nSPS) is 12.8. The molecule has 0 spiro atoms. The van der Waals surface area contributed by atoms with Crippen LogP contribution in [0.3, 0.4) is 0 Å². The molecular weight excluding hydrogens is 1020 g/mol. The highest BCUT2D eigenvalue weighted by Gasteiger charge is 2.19. The third-order valence-electron chi connectivity index (χ3n) is 15.3. The number of carbonyl (C=O) groups is 3. The lowest BCUT2D eigenvalue weighted by Crippen LogP contribution is -2.30. The number of carbonyl (C=O) groups excluding carboxylic acids is 3. The van der Waals surface area contributed by atoms with Gasteiger partial charge in [-0.25, -0.2) is 0 Å². The fourth-order valence-electron chi connectivity index (χ4n) is 10.1. The first-order valence-corrected chi connectivity index (χ1v) is 35.4. The maximum absolute atomic E-state index is 13.0. The van der Waals surface area contributed by atoms with Crippen LogP contribution in [0.4, 0.5) is 0 Å². The summed E-state index contributed by atoms with van der Waals surface area (Å²) in [6.07, 6.45) is 96.8. The number of hydrogen-bond donors (Lipinski definition) is 0. The molecule has 0 rings (SSSR count). The standard InChI is InChI=1S/C77H132O6/c1-4-7-10-13-16-19-22-25-28-30-32-34-35-36-37-38-39-40-41-43-44-46-49-52-55-58-61-64-67-70-76(79)82-73-74(72-81-75(78)69-66-63-60-57-54-51-48-27-24-21-18-15-12-9-6-3)83-77(80)71-68-65-62-59-56-53-50-47-45-42-33-31-29-26-23-20-17-14-11-8-5-2/h7-8,10-11,16-17,19-20,25-26,28-29,32-34,42,47,50,74H,4-6,9,12-15,18,21-24,27,30-31,35-41,43-46,48-49,51-73H2,1-3H3/b10-7-,11-8-,19-16-,20-17-,28-25-,29-26-,34-32-,42-33-,50-47-. The Balaban J connectivity index is 4.31. The van der Waals surface area contributed by atoms with Gasteiger partial charge in [0, 0.05) is 19.3 Å². The van der Waals surface area contributed by atoms with Crippen molar-refractivity contribution >= 4 is 17.9 Å². The second-order valence-electron chi connectivity index (χ2n) is 23.4. The van der Waals surface area contributed by atoms with Crippen LogP contribution in [-0.4, -0.2) is 37.2 Å². The van der Waals surface area contributed by atoms with Crippen LogP contribution in [0.1, 0.15) is 342 Å². The molecule has 0 N–H and O–H groups in total. The molecule has 0 aliphatic rings. The predicted octanol–water partition coefficient (Wildman–Crippen LogP) is 24.6. The van der Waals surface area contributed by atoms with Crippen molar-refractivity contribution < 1.29 is 28.6 Å². The Bertz CT molecular complexity index is 1660. The van der Waals surface area contributed by atoms with E-state index >= 15 is 0 Å². The molecule has 1 atom stereocenters. The Morgan fingerprint density at radius 1 is 0.253 bits per heavy atom. The molecule has 6 heteroatoms. The van der Waals surface area contributed by atoms with Crippen molar-refractivity contribution in [1.82, 2.24) is 0 Å². The van der Waals surface area contributed by atoms with Gasteiger partial charge in [-0.2, -0.15) is 0 Å². The van der Waals surface area contributed by atoms with Gasteiger partial charge in [-0.1, -0.05) is 329 Å². The zero-order chi connectivity index (χ0) is 59.9. The highest BCUT2D eigenvalue weighted by Crippen LogP contribution is 2.17. The molecule has 0 aromatic rings. The summed E-state index contributed by atoms with van der Waals surface area (Å²) in [6.45, 7) is 6.44. The largest absolute Gasteiger partial charge is 0.462 e. The number of ether oxygens (including phenoxy) is 3. The zero-order valence-corrected chi connectivity index (χ0v) is 54.7. The molecule has 0 aliphatic carbocycles. The number of rotatable bonds is 64. The van der Waals surface area contributed by atoms with Crippen molar-refractivity contribution in [2.75, 3.05) is 13.2 Å². The molecule has 6 nitrogen and oxygen atoms in total. The highest BCUT2D eigenvalue weighted by molar-refractivity contribution is 5.71. The van der Waals surface area contributed by atoms with Crippen molar-refractivity contribution in [1.29, 1.82) is 0 Å². The van der Waals surface area contributed by atoms with E-state index in [1.54, 1.807) is 0 Å². The first-order valence-electron chi connectivity index (χ1n) is 35.4. The molecule has 476 valence electrons. The molecule has 0 fully saturated rings. The third kappa shape index (κ3) is 68.7. The summed E-state index contributed by atoms with van der Waals surface area (Å²) in [6, 6.07) is 0. The summed E-state index contributed by atoms with van der Waals surface area (Å²) in [5.41, 5.74) is 0. The first kappa shape index (κ1) is 79.1. The van der Waals surface area contributed by atoms with E-state index in [0.717, 1.165) is 135 Å². The topological polar surface area (TPSA) is 78.9 Å². The monoisotopic (exact) mass is 1150 g/mol. The second kappa shape index (κ2) is 70.6. The fourth-order valence-corrected chi connectivity index (χ4v) is 10.1. The lowest BCUT2D eigenvalue weighted by molar-refractivity contribution is -0.167. The number of hydrogen-bond acceptors (Lipinski definition) is 6. The Morgan fingerprint density at radius 3 is 0.735 bits per heavy atom. The zero-order valence-electron chi connectivity index (χ0n) is 54.7. The minimum Gasteiger partial charge on any atom is -0.462 e. The van der Waals surface area contributed by atoms with Crippen LogP contribution in [0.25, 0.3) is 0 Å². The van der Waals surface area contributed by atoms with E-state index in [4.69, 9.17) is 14.2 Å². The summed E-state index contributed by atoms with van der Waals surface area (Å²) >= 11 is 0. The average molecular weight is 1150 g/mol. The van der Waals surface area contributed by atoms with E-state index in [1.165, 1.54) is 167 Å². The van der Waals surface area contributed by atoms with Crippen LogP contribution in [-0.2, 0) is 28.6 Å². The van der Waals surface area contributed by atoms with Crippen molar-refractivity contribution in [2.45, 2.75) is 348 Å². The first-order chi connectivity index (χ1) is 41.0. The average Bonchev–Trinajstić information content (AvgIpc) is 3.49. The van der Waals surface area contributed by atoms with Crippen LogP contribution in [0.5, 0.6) is 0 Å². The molecule has 0 bridgehead atoms. The van der Waals surface area contributed by atoms with E-state index in [0.29, 0.717) is 19.3 Å². The van der Waals surface area contributed by atoms with Gasteiger partial charge in [0.15, 0.2) is 6.10 Å². The van der Waals surface area contributed by atoms with Gasteiger partial charge in [-0.3, -0.25) is 14.4 Å². The van der Waals surface area contributed by atoms with Crippen molar-refractivity contribution in [3.05, 3.63) is 109 Å². The van der Waals surface area contributed by atoms with Crippen molar-refractivity contribution in [3.8, 4) is 0 Å². The van der Waals surface area contributed by atoms with E-state index in [2.05, 4.69) is 130 Å². The number of esters is 3. The summed E-state index contributed by atoms with van der Waals surface area (Å²) in [4.78, 5) is 38.5. The van der Waals surface area contributed by atoms with Crippen LogP contribution < -0.4 is 0 Å². The molecule has 0 saturated heterocycles. The van der Waals surface area contributed by atoms with Gasteiger partial charge in [-0.15, -0.1) is 0 Å². The molecule has 0 radical (unpaired) electrons. The van der Waals surface area contributed by atoms with Crippen molar-refractivity contribution in [3.63, 3.8) is 0 Å². The van der Waals surface area contributed by atoms with Gasteiger partial charge < -0.3 is 14.2 Å². The molecule has 83 heavy (non-hydrogen) atoms. The van der Waals surface area contributed by atoms with Crippen molar-refractivity contribution in [2.24, 2.45) is 0 Å². The molecule has 0 heterocycles. The summed E-state index contributed by atoms with van der Waals surface area (Å²) in [5.74, 6) is -0.885. The molecule has 1 unspecified atom stereocenters. The van der Waals surface area contributed by atoms with Crippen LogP contribution in [0.15, 0.2) is 109 Å². The fraction of sp³-hybridized carbons (Fsp3) is 0.727. The predicted molar refractivity (Wildman–Crippen MR) is 362 cm³/mol. The summed E-state index contributed by atoms with van der Waals surface area (Å²) < 4.78 is 17.0. The van der Waals surface area contributed by atoms with Gasteiger partial charge in [-0.05, 0) is 103 Å². The summed E-state index contributed by atoms with van der Waals surface area (Å²) in [5, 5.41) is 0. The number of allylic oxidation sites excluding steroid dienone is 18. The van der Waals surface area contributed by atoms with Gasteiger partial charge >= 0.3 is 17.9 Å².